The third-order valence-corrected chi connectivity index (χ3v) is 2.87. The number of rotatable bonds is 6. The fourth-order valence-corrected chi connectivity index (χ4v) is 1.76. The Bertz CT molecular complexity index is 482. The molecule has 1 unspecified atom stereocenters. The smallest absolute Gasteiger partial charge is 0.119 e. The average molecular weight is 257 g/mol. The van der Waals surface area contributed by atoms with Crippen LogP contribution >= 0.6 is 0 Å². The molecule has 0 aliphatic heterocycles. The third kappa shape index (κ3) is 4.30. The SMILES string of the molecule is CC(OCCOc1ccccc1)c1ccc(N)cc1. The lowest BCUT2D eigenvalue weighted by Crippen LogP contribution is -2.09. The Balaban J connectivity index is 1.72. The third-order valence-electron chi connectivity index (χ3n) is 2.87. The van der Waals surface area contributed by atoms with Gasteiger partial charge in [0.1, 0.15) is 12.4 Å². The summed E-state index contributed by atoms with van der Waals surface area (Å²) < 4.78 is 11.3. The number of nitrogens with two attached hydrogens (primary N) is 1. The number of para-hydroxylation sites is 1. The standard InChI is InChI=1S/C16H19NO2/c1-13(14-7-9-15(17)10-8-14)18-11-12-19-16-5-3-2-4-6-16/h2-10,13H,11-12,17H2,1H3. The molecule has 0 saturated heterocycles. The van der Waals surface area contributed by atoms with E-state index in [0.717, 1.165) is 17.0 Å². The number of nitrogen functional groups attached to an aromatic ring is 1. The lowest BCUT2D eigenvalue weighted by atomic mass is 10.1. The van der Waals surface area contributed by atoms with E-state index in [-0.39, 0.29) is 6.10 Å². The maximum absolute atomic E-state index is 5.72. The predicted molar refractivity (Wildman–Crippen MR) is 77.2 cm³/mol. The van der Waals surface area contributed by atoms with Gasteiger partial charge in [0.25, 0.3) is 0 Å². The lowest BCUT2D eigenvalue weighted by Gasteiger charge is -2.14. The van der Waals surface area contributed by atoms with Gasteiger partial charge < -0.3 is 15.2 Å². The van der Waals surface area contributed by atoms with E-state index in [1.54, 1.807) is 0 Å². The molecule has 3 heteroatoms. The summed E-state index contributed by atoms with van der Waals surface area (Å²) in [5, 5.41) is 0. The van der Waals surface area contributed by atoms with Gasteiger partial charge in [0.05, 0.1) is 12.7 Å². The topological polar surface area (TPSA) is 44.5 Å². The quantitative estimate of drug-likeness (QED) is 0.637. The zero-order valence-corrected chi connectivity index (χ0v) is 11.1. The molecule has 0 radical (unpaired) electrons. The van der Waals surface area contributed by atoms with Gasteiger partial charge in [0, 0.05) is 5.69 Å². The van der Waals surface area contributed by atoms with Crippen LogP contribution < -0.4 is 10.5 Å². The molecular formula is C16H19NO2. The Labute approximate surface area is 114 Å². The van der Waals surface area contributed by atoms with Gasteiger partial charge in [-0.05, 0) is 36.8 Å². The van der Waals surface area contributed by atoms with Crippen LogP contribution in [0.5, 0.6) is 5.75 Å². The fraction of sp³-hybridized carbons (Fsp3) is 0.250. The van der Waals surface area contributed by atoms with Crippen LogP contribution in [0, 0.1) is 0 Å². The molecule has 0 bridgehead atoms. The first-order valence-electron chi connectivity index (χ1n) is 6.40. The Morgan fingerprint density at radius 2 is 1.63 bits per heavy atom. The van der Waals surface area contributed by atoms with E-state index in [4.69, 9.17) is 15.2 Å². The molecule has 2 aromatic rings. The summed E-state index contributed by atoms with van der Waals surface area (Å²) in [6.45, 7) is 3.12. The number of benzene rings is 2. The lowest BCUT2D eigenvalue weighted by molar-refractivity contribution is 0.0439. The van der Waals surface area contributed by atoms with Crippen molar-refractivity contribution in [3.05, 3.63) is 60.2 Å². The highest BCUT2D eigenvalue weighted by molar-refractivity contribution is 5.39. The van der Waals surface area contributed by atoms with Crippen molar-refractivity contribution < 1.29 is 9.47 Å². The molecule has 2 rings (SSSR count). The molecule has 0 aliphatic carbocycles. The second-order valence-corrected chi connectivity index (χ2v) is 4.34. The van der Waals surface area contributed by atoms with Crippen molar-refractivity contribution in [2.24, 2.45) is 0 Å². The van der Waals surface area contributed by atoms with Crippen LogP contribution in [0.1, 0.15) is 18.6 Å². The summed E-state index contributed by atoms with van der Waals surface area (Å²) in [6, 6.07) is 17.5. The summed E-state index contributed by atoms with van der Waals surface area (Å²) in [4.78, 5) is 0. The summed E-state index contributed by atoms with van der Waals surface area (Å²) >= 11 is 0. The minimum absolute atomic E-state index is 0.0416. The first-order chi connectivity index (χ1) is 9.25. The Hall–Kier alpha value is -2.00. The largest absolute Gasteiger partial charge is 0.491 e. The zero-order chi connectivity index (χ0) is 13.5. The summed E-state index contributed by atoms with van der Waals surface area (Å²) in [7, 11) is 0. The van der Waals surface area contributed by atoms with Gasteiger partial charge >= 0.3 is 0 Å². The number of anilines is 1. The van der Waals surface area contributed by atoms with Crippen LogP contribution in [0.4, 0.5) is 5.69 Å². The van der Waals surface area contributed by atoms with E-state index in [2.05, 4.69) is 0 Å². The maximum Gasteiger partial charge on any atom is 0.119 e. The van der Waals surface area contributed by atoms with Crippen LogP contribution in [0.2, 0.25) is 0 Å². The highest BCUT2D eigenvalue weighted by atomic mass is 16.5. The number of hydrogen-bond acceptors (Lipinski definition) is 3. The Kier molecular flexibility index (Phi) is 4.81. The van der Waals surface area contributed by atoms with E-state index in [9.17, 15) is 0 Å². The molecule has 1 atom stereocenters. The van der Waals surface area contributed by atoms with Crippen LogP contribution in [-0.4, -0.2) is 13.2 Å². The predicted octanol–water partition coefficient (Wildman–Crippen LogP) is 3.43. The van der Waals surface area contributed by atoms with Crippen LogP contribution in [0.15, 0.2) is 54.6 Å². The van der Waals surface area contributed by atoms with Gasteiger partial charge in [-0.1, -0.05) is 30.3 Å². The van der Waals surface area contributed by atoms with Crippen LogP contribution in [0.3, 0.4) is 0 Å². The molecule has 0 aromatic heterocycles. The summed E-state index contributed by atoms with van der Waals surface area (Å²) in [5.41, 5.74) is 7.54. The normalized spacial score (nSPS) is 12.1. The molecule has 0 spiro atoms. The van der Waals surface area contributed by atoms with Crippen LogP contribution in [0.25, 0.3) is 0 Å². The van der Waals surface area contributed by atoms with E-state index in [1.165, 1.54) is 0 Å². The highest BCUT2D eigenvalue weighted by Crippen LogP contribution is 2.17. The van der Waals surface area contributed by atoms with Crippen molar-refractivity contribution in [3.8, 4) is 5.75 Å². The first-order valence-corrected chi connectivity index (χ1v) is 6.40. The van der Waals surface area contributed by atoms with E-state index >= 15 is 0 Å². The van der Waals surface area contributed by atoms with Crippen molar-refractivity contribution in [3.63, 3.8) is 0 Å². The number of hydrogen-bond donors (Lipinski definition) is 1. The van der Waals surface area contributed by atoms with Crippen molar-refractivity contribution in [1.82, 2.24) is 0 Å². The molecule has 0 amide bonds. The molecule has 3 nitrogen and oxygen atoms in total. The molecule has 0 heterocycles. The van der Waals surface area contributed by atoms with Gasteiger partial charge in [-0.2, -0.15) is 0 Å². The highest BCUT2D eigenvalue weighted by Gasteiger charge is 2.05. The minimum atomic E-state index is 0.0416. The molecule has 2 N–H and O–H groups in total. The van der Waals surface area contributed by atoms with Gasteiger partial charge in [-0.3, -0.25) is 0 Å². The maximum atomic E-state index is 5.72. The van der Waals surface area contributed by atoms with Crippen molar-refractivity contribution in [2.45, 2.75) is 13.0 Å². The molecule has 0 saturated carbocycles. The van der Waals surface area contributed by atoms with Crippen molar-refractivity contribution in [2.75, 3.05) is 18.9 Å². The zero-order valence-electron chi connectivity index (χ0n) is 11.1. The summed E-state index contributed by atoms with van der Waals surface area (Å²) in [6.07, 6.45) is 0.0416. The Morgan fingerprint density at radius 3 is 2.32 bits per heavy atom. The van der Waals surface area contributed by atoms with E-state index in [0.29, 0.717) is 13.2 Å². The molecular weight excluding hydrogens is 238 g/mol. The van der Waals surface area contributed by atoms with Crippen molar-refractivity contribution in [1.29, 1.82) is 0 Å². The van der Waals surface area contributed by atoms with Gasteiger partial charge in [-0.15, -0.1) is 0 Å². The number of ether oxygens (including phenoxy) is 2. The second-order valence-electron chi connectivity index (χ2n) is 4.34. The summed E-state index contributed by atoms with van der Waals surface area (Å²) in [5.74, 6) is 0.867. The fourth-order valence-electron chi connectivity index (χ4n) is 1.76. The van der Waals surface area contributed by atoms with Crippen molar-refractivity contribution >= 4 is 5.69 Å². The van der Waals surface area contributed by atoms with Gasteiger partial charge in [0.2, 0.25) is 0 Å². The Morgan fingerprint density at radius 1 is 0.947 bits per heavy atom. The first kappa shape index (κ1) is 13.4. The molecule has 19 heavy (non-hydrogen) atoms. The van der Waals surface area contributed by atoms with E-state index in [1.807, 2.05) is 61.5 Å². The molecule has 100 valence electrons. The van der Waals surface area contributed by atoms with Crippen LogP contribution in [-0.2, 0) is 4.74 Å². The minimum Gasteiger partial charge on any atom is -0.491 e. The average Bonchev–Trinajstić information content (AvgIpc) is 2.45. The second kappa shape index (κ2) is 6.81. The van der Waals surface area contributed by atoms with Gasteiger partial charge in [-0.25, -0.2) is 0 Å². The van der Waals surface area contributed by atoms with E-state index < -0.39 is 0 Å². The molecule has 0 aliphatic rings. The monoisotopic (exact) mass is 257 g/mol. The molecule has 0 fully saturated rings. The van der Waals surface area contributed by atoms with Gasteiger partial charge in [0.15, 0.2) is 0 Å². The molecule has 2 aromatic carbocycles.